The third kappa shape index (κ3) is 3.91. The second kappa shape index (κ2) is 7.39. The number of esters is 1. The van der Waals surface area contributed by atoms with Gasteiger partial charge in [0.15, 0.2) is 18.5 Å². The molecule has 0 unspecified atom stereocenters. The van der Waals surface area contributed by atoms with E-state index < -0.39 is 12.1 Å². The summed E-state index contributed by atoms with van der Waals surface area (Å²) in [5.41, 5.74) is 2.37. The summed E-state index contributed by atoms with van der Waals surface area (Å²) >= 11 is 0. The fourth-order valence-electron chi connectivity index (χ4n) is 2.68. The molecule has 1 atom stereocenters. The number of fused-ring (bicyclic) bond motifs is 1. The third-order valence-electron chi connectivity index (χ3n) is 4.00. The summed E-state index contributed by atoms with van der Waals surface area (Å²) in [6.07, 6.45) is -0.692. The highest BCUT2D eigenvalue weighted by atomic mass is 16.6. The Morgan fingerprint density at radius 3 is 2.73 bits per heavy atom. The first kappa shape index (κ1) is 17.7. The molecule has 0 saturated carbocycles. The number of nitrogens with zero attached hydrogens (tertiary/aromatic N) is 1. The fraction of sp³-hybridized carbons (Fsp3) is 0.250. The minimum absolute atomic E-state index is 0.216. The Morgan fingerprint density at radius 1 is 1.19 bits per heavy atom. The number of hydrogen-bond acceptors (Lipinski definition) is 5. The summed E-state index contributed by atoms with van der Waals surface area (Å²) in [6.45, 7) is 5.35. The molecule has 0 spiro atoms. The van der Waals surface area contributed by atoms with Gasteiger partial charge in [-0.3, -0.25) is 4.79 Å². The Kier molecular flexibility index (Phi) is 5.02. The highest BCUT2D eigenvalue weighted by molar-refractivity contribution is 5.77. The molecule has 0 saturated heterocycles. The van der Waals surface area contributed by atoms with Crippen molar-refractivity contribution < 1.29 is 14.3 Å². The largest absolute Gasteiger partial charge is 0.482 e. The highest BCUT2D eigenvalue weighted by Crippen LogP contribution is 2.19. The summed E-state index contributed by atoms with van der Waals surface area (Å²) < 4.78 is 10.8. The van der Waals surface area contributed by atoms with Crippen LogP contribution in [0.2, 0.25) is 0 Å². The fourth-order valence-corrected chi connectivity index (χ4v) is 2.68. The predicted molar refractivity (Wildman–Crippen MR) is 98.3 cm³/mol. The number of ether oxygens (including phenoxy) is 2. The van der Waals surface area contributed by atoms with Gasteiger partial charge in [0.25, 0.3) is 5.56 Å². The van der Waals surface area contributed by atoms with Gasteiger partial charge in [0.1, 0.15) is 5.75 Å². The van der Waals surface area contributed by atoms with Gasteiger partial charge in [-0.15, -0.1) is 0 Å². The normalized spacial score (nSPS) is 12.0. The van der Waals surface area contributed by atoms with E-state index in [1.165, 1.54) is 0 Å². The van der Waals surface area contributed by atoms with Crippen molar-refractivity contribution in [3.63, 3.8) is 0 Å². The lowest BCUT2D eigenvalue weighted by Crippen LogP contribution is -2.20. The van der Waals surface area contributed by atoms with E-state index in [9.17, 15) is 9.59 Å². The van der Waals surface area contributed by atoms with E-state index in [1.807, 2.05) is 32.0 Å². The number of H-pyrrole nitrogens is 1. The molecule has 6 heteroatoms. The molecule has 134 valence electrons. The van der Waals surface area contributed by atoms with Gasteiger partial charge in [-0.05, 0) is 44.5 Å². The molecular formula is C20H20N2O4. The first-order chi connectivity index (χ1) is 12.4. The van der Waals surface area contributed by atoms with Crippen LogP contribution >= 0.6 is 0 Å². The number of benzene rings is 2. The Hall–Kier alpha value is -3.15. The van der Waals surface area contributed by atoms with Crippen LogP contribution in [0.5, 0.6) is 5.75 Å². The van der Waals surface area contributed by atoms with E-state index in [0.29, 0.717) is 22.5 Å². The lowest BCUT2D eigenvalue weighted by Gasteiger charge is -2.14. The number of carbonyl (C=O) groups is 1. The van der Waals surface area contributed by atoms with Crippen LogP contribution in [0, 0.1) is 13.8 Å². The molecular weight excluding hydrogens is 332 g/mol. The van der Waals surface area contributed by atoms with E-state index in [4.69, 9.17) is 9.47 Å². The maximum atomic E-state index is 12.1. The van der Waals surface area contributed by atoms with Crippen LogP contribution in [0.3, 0.4) is 0 Å². The first-order valence-electron chi connectivity index (χ1n) is 8.32. The Labute approximate surface area is 150 Å². The van der Waals surface area contributed by atoms with Crippen molar-refractivity contribution in [2.24, 2.45) is 0 Å². The number of carbonyl (C=O) groups excluding carboxylic acids is 1. The first-order valence-corrected chi connectivity index (χ1v) is 8.32. The summed E-state index contributed by atoms with van der Waals surface area (Å²) in [7, 11) is 0. The zero-order valence-electron chi connectivity index (χ0n) is 14.9. The summed E-state index contributed by atoms with van der Waals surface area (Å²) in [4.78, 5) is 31.2. The molecule has 3 rings (SSSR count). The summed E-state index contributed by atoms with van der Waals surface area (Å²) in [5, 5.41) is 0.493. The lowest BCUT2D eigenvalue weighted by molar-refractivity contribution is -0.151. The van der Waals surface area contributed by atoms with Crippen LogP contribution in [-0.4, -0.2) is 22.5 Å². The smallest absolute Gasteiger partial charge is 0.344 e. The van der Waals surface area contributed by atoms with Gasteiger partial charge >= 0.3 is 5.97 Å². The molecule has 26 heavy (non-hydrogen) atoms. The van der Waals surface area contributed by atoms with Gasteiger partial charge in [-0.2, -0.15) is 0 Å². The van der Waals surface area contributed by atoms with Crippen molar-refractivity contribution in [3.8, 4) is 5.75 Å². The molecule has 6 nitrogen and oxygen atoms in total. The minimum Gasteiger partial charge on any atom is -0.482 e. The number of aromatic amines is 1. The van der Waals surface area contributed by atoms with Crippen LogP contribution < -0.4 is 10.3 Å². The number of para-hydroxylation sites is 1. The van der Waals surface area contributed by atoms with Crippen molar-refractivity contribution in [1.29, 1.82) is 0 Å². The average molecular weight is 352 g/mol. The van der Waals surface area contributed by atoms with Crippen LogP contribution in [0.4, 0.5) is 0 Å². The van der Waals surface area contributed by atoms with Gasteiger partial charge < -0.3 is 14.5 Å². The van der Waals surface area contributed by atoms with Crippen molar-refractivity contribution in [1.82, 2.24) is 9.97 Å². The molecule has 0 radical (unpaired) electrons. The number of nitrogens with one attached hydrogen (secondary N) is 1. The topological polar surface area (TPSA) is 81.3 Å². The standard InChI is InChI=1S/C20H20N2O4/c1-12-8-9-17(13(2)10-12)25-11-18(23)26-14(3)19-21-16-7-5-4-6-15(16)20(24)22-19/h4-10,14H,11H2,1-3H3,(H,21,22,24)/t14-/m1/s1. The molecule has 2 aromatic carbocycles. The molecule has 0 aliphatic rings. The van der Waals surface area contributed by atoms with Gasteiger partial charge in [0.2, 0.25) is 0 Å². The molecule has 3 aromatic rings. The van der Waals surface area contributed by atoms with Crippen LogP contribution in [0.15, 0.2) is 47.3 Å². The Bertz CT molecular complexity index is 1010. The van der Waals surface area contributed by atoms with Gasteiger partial charge in [0, 0.05) is 0 Å². The van der Waals surface area contributed by atoms with Crippen LogP contribution in [-0.2, 0) is 9.53 Å². The Balaban J connectivity index is 1.66. The molecule has 0 aliphatic carbocycles. The predicted octanol–water partition coefficient (Wildman–Crippen LogP) is 3.22. The number of rotatable bonds is 5. The van der Waals surface area contributed by atoms with Crippen molar-refractivity contribution >= 4 is 16.9 Å². The monoisotopic (exact) mass is 352 g/mol. The molecule has 0 bridgehead atoms. The zero-order chi connectivity index (χ0) is 18.7. The summed E-state index contributed by atoms with van der Waals surface area (Å²) in [5.74, 6) is 0.402. The van der Waals surface area contributed by atoms with Crippen molar-refractivity contribution in [3.05, 3.63) is 69.8 Å². The van der Waals surface area contributed by atoms with Crippen LogP contribution in [0.1, 0.15) is 30.0 Å². The van der Waals surface area contributed by atoms with Gasteiger partial charge in [0.05, 0.1) is 10.9 Å². The number of hydrogen-bond donors (Lipinski definition) is 1. The van der Waals surface area contributed by atoms with Crippen LogP contribution in [0.25, 0.3) is 10.9 Å². The van der Waals surface area contributed by atoms with Gasteiger partial charge in [-0.1, -0.05) is 29.8 Å². The Morgan fingerprint density at radius 2 is 1.96 bits per heavy atom. The van der Waals surface area contributed by atoms with E-state index in [1.54, 1.807) is 31.2 Å². The zero-order valence-corrected chi connectivity index (χ0v) is 14.9. The molecule has 1 heterocycles. The number of aromatic nitrogens is 2. The molecule has 0 amide bonds. The second-order valence-corrected chi connectivity index (χ2v) is 6.16. The third-order valence-corrected chi connectivity index (χ3v) is 4.00. The quantitative estimate of drug-likeness (QED) is 0.713. The SMILES string of the molecule is Cc1ccc(OCC(=O)O[C@H](C)c2nc3ccccc3c(=O)[nH]2)c(C)c1. The van der Waals surface area contributed by atoms with E-state index in [0.717, 1.165) is 11.1 Å². The van der Waals surface area contributed by atoms with Crippen molar-refractivity contribution in [2.75, 3.05) is 6.61 Å². The average Bonchev–Trinajstić information content (AvgIpc) is 2.61. The lowest BCUT2D eigenvalue weighted by atomic mass is 10.1. The molecule has 1 N–H and O–H groups in total. The van der Waals surface area contributed by atoms with E-state index in [-0.39, 0.29) is 12.2 Å². The maximum Gasteiger partial charge on any atom is 0.344 e. The minimum atomic E-state index is -0.692. The second-order valence-electron chi connectivity index (χ2n) is 6.16. The van der Waals surface area contributed by atoms with Gasteiger partial charge in [-0.25, -0.2) is 9.78 Å². The maximum absolute atomic E-state index is 12.1. The molecule has 0 aliphatic heterocycles. The van der Waals surface area contributed by atoms with E-state index in [2.05, 4.69) is 9.97 Å². The summed E-state index contributed by atoms with van der Waals surface area (Å²) in [6, 6.07) is 12.7. The molecule has 1 aromatic heterocycles. The number of aryl methyl sites for hydroxylation is 2. The highest BCUT2D eigenvalue weighted by Gasteiger charge is 2.16. The van der Waals surface area contributed by atoms with Crippen molar-refractivity contribution in [2.45, 2.75) is 26.9 Å². The molecule has 0 fully saturated rings. The van der Waals surface area contributed by atoms with E-state index >= 15 is 0 Å².